The summed E-state index contributed by atoms with van der Waals surface area (Å²) >= 11 is 1.46. The lowest BCUT2D eigenvalue weighted by atomic mass is 10.1. The van der Waals surface area contributed by atoms with Gasteiger partial charge in [0.1, 0.15) is 12.4 Å². The molecule has 2 heterocycles. The minimum atomic E-state index is 0.0156. The molecular formula is C21H25N3O2S. The molecule has 0 unspecified atom stereocenters. The summed E-state index contributed by atoms with van der Waals surface area (Å²) in [6, 6.07) is 9.92. The molecule has 0 radical (unpaired) electrons. The van der Waals surface area contributed by atoms with Crippen LogP contribution in [0.2, 0.25) is 0 Å². The Morgan fingerprint density at radius 2 is 2.11 bits per heavy atom. The Hall–Kier alpha value is -2.60. The first-order chi connectivity index (χ1) is 13.0. The Balaban J connectivity index is 1.62. The molecule has 0 atom stereocenters. The fourth-order valence-electron chi connectivity index (χ4n) is 2.89. The first-order valence-corrected chi connectivity index (χ1v) is 9.90. The summed E-state index contributed by atoms with van der Waals surface area (Å²) < 4.78 is 7.85. The highest BCUT2D eigenvalue weighted by molar-refractivity contribution is 7.12. The minimum absolute atomic E-state index is 0.0156. The van der Waals surface area contributed by atoms with Gasteiger partial charge >= 0.3 is 0 Å². The number of carbonyl (C=O) groups excluding carboxylic acids is 1. The fourth-order valence-corrected chi connectivity index (χ4v) is 3.78. The molecule has 0 saturated heterocycles. The van der Waals surface area contributed by atoms with E-state index in [0.717, 1.165) is 34.0 Å². The molecule has 1 aromatic carbocycles. The van der Waals surface area contributed by atoms with Gasteiger partial charge in [0, 0.05) is 25.4 Å². The van der Waals surface area contributed by atoms with E-state index < -0.39 is 0 Å². The van der Waals surface area contributed by atoms with Crippen molar-refractivity contribution >= 4 is 17.2 Å². The number of ether oxygens (including phenoxy) is 1. The Morgan fingerprint density at radius 3 is 2.89 bits per heavy atom. The molecule has 5 nitrogen and oxygen atoms in total. The Kier molecular flexibility index (Phi) is 5.96. The van der Waals surface area contributed by atoms with Crippen LogP contribution >= 0.6 is 11.3 Å². The monoisotopic (exact) mass is 383 g/mol. The maximum atomic E-state index is 12.7. The second-order valence-electron chi connectivity index (χ2n) is 6.61. The van der Waals surface area contributed by atoms with E-state index in [4.69, 9.17) is 4.74 Å². The highest BCUT2D eigenvalue weighted by Gasteiger charge is 2.16. The van der Waals surface area contributed by atoms with E-state index >= 15 is 0 Å². The van der Waals surface area contributed by atoms with E-state index in [9.17, 15) is 4.79 Å². The smallest absolute Gasteiger partial charge is 0.264 e. The number of amides is 1. The molecule has 0 aliphatic rings. The van der Waals surface area contributed by atoms with Crippen molar-refractivity contribution in [3.05, 3.63) is 69.2 Å². The summed E-state index contributed by atoms with van der Waals surface area (Å²) in [7, 11) is 1.82. The number of benzene rings is 1. The molecule has 142 valence electrons. The van der Waals surface area contributed by atoms with Crippen molar-refractivity contribution in [2.45, 2.75) is 40.5 Å². The van der Waals surface area contributed by atoms with Crippen LogP contribution in [0.4, 0.5) is 0 Å². The summed E-state index contributed by atoms with van der Waals surface area (Å²) in [6.45, 7) is 7.97. The van der Waals surface area contributed by atoms with Gasteiger partial charge in [-0.2, -0.15) is 5.10 Å². The number of thiophene rings is 1. The molecule has 27 heavy (non-hydrogen) atoms. The second-order valence-corrected chi connectivity index (χ2v) is 7.52. The predicted octanol–water partition coefficient (Wildman–Crippen LogP) is 4.43. The van der Waals surface area contributed by atoms with E-state index in [1.54, 1.807) is 11.1 Å². The standard InChI is InChI=1S/C21H25N3O2S/c1-5-24-18(9-10-22-24)12-23(4)21(25)20-11-17(14-27-20)13-26-19-8-6-7-15(2)16(19)3/h6-11,14H,5,12-13H2,1-4H3. The molecule has 0 aliphatic heterocycles. The summed E-state index contributed by atoms with van der Waals surface area (Å²) in [6.07, 6.45) is 1.77. The van der Waals surface area contributed by atoms with Crippen LogP contribution in [0.5, 0.6) is 5.75 Å². The lowest BCUT2D eigenvalue weighted by Crippen LogP contribution is -2.26. The van der Waals surface area contributed by atoms with Gasteiger partial charge in [0.05, 0.1) is 17.1 Å². The second kappa shape index (κ2) is 8.39. The molecule has 0 bridgehead atoms. The van der Waals surface area contributed by atoms with Crippen LogP contribution in [-0.2, 0) is 19.7 Å². The zero-order chi connectivity index (χ0) is 19.4. The number of carbonyl (C=O) groups is 1. The quantitative estimate of drug-likeness (QED) is 0.606. The first kappa shape index (κ1) is 19.2. The third-order valence-corrected chi connectivity index (χ3v) is 5.63. The Labute approximate surface area is 164 Å². The summed E-state index contributed by atoms with van der Waals surface area (Å²) in [5.74, 6) is 0.904. The maximum Gasteiger partial charge on any atom is 0.264 e. The van der Waals surface area contributed by atoms with E-state index in [1.165, 1.54) is 16.9 Å². The normalized spacial score (nSPS) is 10.8. The van der Waals surface area contributed by atoms with Gasteiger partial charge in [-0.25, -0.2) is 0 Å². The molecular weight excluding hydrogens is 358 g/mol. The van der Waals surface area contributed by atoms with Gasteiger partial charge in [-0.1, -0.05) is 12.1 Å². The Morgan fingerprint density at radius 1 is 1.30 bits per heavy atom. The SMILES string of the molecule is CCn1nccc1CN(C)C(=O)c1cc(COc2cccc(C)c2C)cs1. The number of aryl methyl sites for hydroxylation is 2. The van der Waals surface area contributed by atoms with Gasteiger partial charge in [0.25, 0.3) is 5.91 Å². The topological polar surface area (TPSA) is 47.4 Å². The molecule has 1 amide bonds. The van der Waals surface area contributed by atoms with Crippen molar-refractivity contribution in [3.63, 3.8) is 0 Å². The highest BCUT2D eigenvalue weighted by Crippen LogP contribution is 2.23. The third kappa shape index (κ3) is 4.39. The molecule has 0 spiro atoms. The third-order valence-electron chi connectivity index (χ3n) is 4.66. The van der Waals surface area contributed by atoms with Crippen molar-refractivity contribution in [1.29, 1.82) is 0 Å². The van der Waals surface area contributed by atoms with Gasteiger partial charge in [-0.3, -0.25) is 9.48 Å². The van der Waals surface area contributed by atoms with Gasteiger partial charge in [-0.05, 0) is 55.5 Å². The van der Waals surface area contributed by atoms with E-state index in [-0.39, 0.29) is 5.91 Å². The maximum absolute atomic E-state index is 12.7. The van der Waals surface area contributed by atoms with E-state index in [2.05, 4.69) is 25.0 Å². The molecule has 3 rings (SSSR count). The molecule has 0 saturated carbocycles. The zero-order valence-electron chi connectivity index (χ0n) is 16.2. The summed E-state index contributed by atoms with van der Waals surface area (Å²) in [5.41, 5.74) is 4.40. The molecule has 0 N–H and O–H groups in total. The lowest BCUT2D eigenvalue weighted by molar-refractivity contribution is 0.0786. The average Bonchev–Trinajstić information content (AvgIpc) is 3.31. The van der Waals surface area contributed by atoms with Crippen LogP contribution in [0.3, 0.4) is 0 Å². The van der Waals surface area contributed by atoms with Crippen molar-refractivity contribution < 1.29 is 9.53 Å². The van der Waals surface area contributed by atoms with Crippen LogP contribution in [0.15, 0.2) is 41.9 Å². The molecule has 3 aromatic rings. The predicted molar refractivity (Wildman–Crippen MR) is 108 cm³/mol. The number of hydrogen-bond donors (Lipinski definition) is 0. The van der Waals surface area contributed by atoms with E-state index in [1.807, 2.05) is 48.3 Å². The van der Waals surface area contributed by atoms with Gasteiger partial charge in [-0.15, -0.1) is 11.3 Å². The van der Waals surface area contributed by atoms with Crippen LogP contribution in [0.1, 0.15) is 39.0 Å². The largest absolute Gasteiger partial charge is 0.489 e. The number of rotatable bonds is 7. The fraction of sp³-hybridized carbons (Fsp3) is 0.333. The van der Waals surface area contributed by atoms with Crippen molar-refractivity contribution in [3.8, 4) is 5.75 Å². The van der Waals surface area contributed by atoms with Gasteiger partial charge in [0.2, 0.25) is 0 Å². The van der Waals surface area contributed by atoms with Gasteiger partial charge in [0.15, 0.2) is 0 Å². The first-order valence-electron chi connectivity index (χ1n) is 9.02. The van der Waals surface area contributed by atoms with Crippen molar-refractivity contribution in [2.75, 3.05) is 7.05 Å². The van der Waals surface area contributed by atoms with Gasteiger partial charge < -0.3 is 9.64 Å². The minimum Gasteiger partial charge on any atom is -0.489 e. The average molecular weight is 384 g/mol. The van der Waals surface area contributed by atoms with Crippen LogP contribution in [-0.4, -0.2) is 27.6 Å². The van der Waals surface area contributed by atoms with Crippen LogP contribution in [0.25, 0.3) is 0 Å². The van der Waals surface area contributed by atoms with Crippen molar-refractivity contribution in [2.24, 2.45) is 0 Å². The number of aromatic nitrogens is 2. The Bertz CT molecular complexity index is 929. The van der Waals surface area contributed by atoms with Crippen LogP contribution < -0.4 is 4.74 Å². The summed E-state index contributed by atoms with van der Waals surface area (Å²) in [4.78, 5) is 15.2. The summed E-state index contributed by atoms with van der Waals surface area (Å²) in [5, 5.41) is 6.24. The molecule has 0 fully saturated rings. The van der Waals surface area contributed by atoms with Crippen LogP contribution in [0, 0.1) is 13.8 Å². The molecule has 2 aromatic heterocycles. The zero-order valence-corrected chi connectivity index (χ0v) is 17.0. The number of hydrogen-bond acceptors (Lipinski definition) is 4. The highest BCUT2D eigenvalue weighted by atomic mass is 32.1. The lowest BCUT2D eigenvalue weighted by Gasteiger charge is -2.16. The van der Waals surface area contributed by atoms with E-state index in [0.29, 0.717) is 13.2 Å². The number of nitrogens with zero attached hydrogens (tertiary/aromatic N) is 3. The molecule has 6 heteroatoms. The van der Waals surface area contributed by atoms with Crippen molar-refractivity contribution in [1.82, 2.24) is 14.7 Å². The molecule has 0 aliphatic carbocycles.